The van der Waals surface area contributed by atoms with Gasteiger partial charge in [0.1, 0.15) is 0 Å². The zero-order valence-corrected chi connectivity index (χ0v) is 17.6. The Morgan fingerprint density at radius 1 is 0.966 bits per heavy atom. The fraction of sp³-hybridized carbons (Fsp3) is 0.263. The molecule has 0 amide bonds. The van der Waals surface area contributed by atoms with Crippen molar-refractivity contribution in [2.24, 2.45) is 10.2 Å². The fourth-order valence-electron chi connectivity index (χ4n) is 2.55. The van der Waals surface area contributed by atoms with Crippen LogP contribution in [0.4, 0.5) is 17.1 Å². The summed E-state index contributed by atoms with van der Waals surface area (Å²) < 4.78 is 53.9. The third-order valence-electron chi connectivity index (χ3n) is 4.09. The molecule has 156 valence electrons. The molecule has 0 unspecified atom stereocenters. The van der Waals surface area contributed by atoms with Crippen molar-refractivity contribution >= 4 is 37.0 Å². The number of nitrogens with zero attached hydrogens (tertiary/aromatic N) is 3. The van der Waals surface area contributed by atoms with Crippen molar-refractivity contribution in [1.82, 2.24) is 0 Å². The van der Waals surface area contributed by atoms with Crippen molar-refractivity contribution in [2.45, 2.75) is 18.2 Å². The summed E-state index contributed by atoms with van der Waals surface area (Å²) in [6, 6.07) is 13.3. The van der Waals surface area contributed by atoms with Gasteiger partial charge in [-0.1, -0.05) is 6.58 Å². The molecule has 0 saturated carbocycles. The molecule has 0 spiro atoms. The molecule has 0 radical (unpaired) electrons. The van der Waals surface area contributed by atoms with E-state index in [0.29, 0.717) is 30.9 Å². The Morgan fingerprint density at radius 3 is 1.93 bits per heavy atom. The van der Waals surface area contributed by atoms with Crippen LogP contribution < -0.4 is 4.90 Å². The number of rotatable bonds is 10. The van der Waals surface area contributed by atoms with Crippen LogP contribution in [0.1, 0.15) is 13.3 Å². The average molecular weight is 438 g/mol. The molecule has 2 rings (SSSR count). The molecule has 0 atom stereocenters. The molecule has 0 fully saturated rings. The Kier molecular flexibility index (Phi) is 7.66. The number of anilines is 1. The maximum atomic E-state index is 11.7. The summed E-state index contributed by atoms with van der Waals surface area (Å²) in [4.78, 5) is 2.13. The summed E-state index contributed by atoms with van der Waals surface area (Å²) in [5.41, 5.74) is 2.03. The van der Waals surface area contributed by atoms with Crippen LogP contribution >= 0.6 is 0 Å². The minimum absolute atomic E-state index is 0.143. The van der Waals surface area contributed by atoms with Crippen LogP contribution in [0, 0.1) is 0 Å². The van der Waals surface area contributed by atoms with Crippen molar-refractivity contribution in [3.63, 3.8) is 0 Å². The van der Waals surface area contributed by atoms with E-state index >= 15 is 0 Å². The van der Waals surface area contributed by atoms with Crippen LogP contribution in [0.5, 0.6) is 0 Å². The third-order valence-corrected chi connectivity index (χ3v) is 6.27. The van der Waals surface area contributed by atoms with E-state index in [4.69, 9.17) is 4.55 Å². The third kappa shape index (κ3) is 7.08. The molecule has 0 bridgehead atoms. The topological polar surface area (TPSA) is 116 Å². The SMILES string of the molecule is C=CS(=O)(=O)c1ccc(N=Nc2ccc(N(CC)CCCS(=O)(=O)O)cc2)cc1. The van der Waals surface area contributed by atoms with Crippen molar-refractivity contribution in [1.29, 1.82) is 0 Å². The van der Waals surface area contributed by atoms with Crippen LogP contribution in [0.25, 0.3) is 0 Å². The number of sulfone groups is 1. The zero-order valence-electron chi connectivity index (χ0n) is 16.0. The van der Waals surface area contributed by atoms with Crippen LogP contribution in [0.3, 0.4) is 0 Å². The molecule has 10 heteroatoms. The van der Waals surface area contributed by atoms with E-state index in [2.05, 4.69) is 16.8 Å². The van der Waals surface area contributed by atoms with Crippen LogP contribution in [0.2, 0.25) is 0 Å². The smallest absolute Gasteiger partial charge is 0.264 e. The molecule has 8 nitrogen and oxygen atoms in total. The van der Waals surface area contributed by atoms with Gasteiger partial charge < -0.3 is 4.90 Å². The molecule has 0 aliphatic carbocycles. The first kappa shape index (κ1) is 22.7. The highest BCUT2D eigenvalue weighted by atomic mass is 32.2. The molecular weight excluding hydrogens is 414 g/mol. The first-order valence-corrected chi connectivity index (χ1v) is 12.0. The highest BCUT2D eigenvalue weighted by Crippen LogP contribution is 2.23. The predicted molar refractivity (Wildman–Crippen MR) is 113 cm³/mol. The lowest BCUT2D eigenvalue weighted by Gasteiger charge is -2.22. The first-order chi connectivity index (χ1) is 13.6. The molecule has 1 N–H and O–H groups in total. The monoisotopic (exact) mass is 437 g/mol. The lowest BCUT2D eigenvalue weighted by molar-refractivity contribution is 0.481. The molecule has 0 heterocycles. The van der Waals surface area contributed by atoms with Gasteiger partial charge in [0.2, 0.25) is 0 Å². The van der Waals surface area contributed by atoms with Gasteiger partial charge in [-0.3, -0.25) is 4.55 Å². The van der Waals surface area contributed by atoms with E-state index < -0.39 is 20.0 Å². The van der Waals surface area contributed by atoms with Crippen LogP contribution in [-0.2, 0) is 20.0 Å². The van der Waals surface area contributed by atoms with Crippen molar-refractivity contribution < 1.29 is 21.4 Å². The minimum atomic E-state index is -3.96. The second kappa shape index (κ2) is 9.77. The normalized spacial score (nSPS) is 12.2. The Bertz CT molecular complexity index is 1060. The lowest BCUT2D eigenvalue weighted by Crippen LogP contribution is -2.25. The summed E-state index contributed by atoms with van der Waals surface area (Å²) in [5, 5.41) is 9.12. The number of azo groups is 1. The largest absolute Gasteiger partial charge is 0.372 e. The Labute approximate surface area is 171 Å². The lowest BCUT2D eigenvalue weighted by atomic mass is 10.2. The minimum Gasteiger partial charge on any atom is -0.372 e. The first-order valence-electron chi connectivity index (χ1n) is 8.84. The molecule has 2 aromatic rings. The summed E-state index contributed by atoms with van der Waals surface area (Å²) >= 11 is 0. The number of hydrogen-bond donors (Lipinski definition) is 1. The Morgan fingerprint density at radius 2 is 1.48 bits per heavy atom. The van der Waals surface area contributed by atoms with Crippen LogP contribution in [0.15, 0.2) is 75.6 Å². The zero-order chi connectivity index (χ0) is 21.5. The fourth-order valence-corrected chi connectivity index (χ4v) is 3.75. The van der Waals surface area contributed by atoms with Gasteiger partial charge in [0, 0.05) is 24.2 Å². The van der Waals surface area contributed by atoms with Gasteiger partial charge in [0.15, 0.2) is 9.84 Å². The number of hydrogen-bond acceptors (Lipinski definition) is 7. The van der Waals surface area contributed by atoms with E-state index in [9.17, 15) is 16.8 Å². The van der Waals surface area contributed by atoms with E-state index in [1.807, 2.05) is 24.0 Å². The molecule has 0 aliphatic rings. The van der Waals surface area contributed by atoms with Gasteiger partial charge >= 0.3 is 0 Å². The van der Waals surface area contributed by atoms with Gasteiger partial charge in [-0.25, -0.2) is 8.42 Å². The van der Waals surface area contributed by atoms with E-state index in [0.717, 1.165) is 11.1 Å². The summed E-state index contributed by atoms with van der Waals surface area (Å²) in [6.45, 7) is 6.43. The second-order valence-electron chi connectivity index (χ2n) is 6.14. The molecule has 2 aromatic carbocycles. The molecule has 0 aromatic heterocycles. The summed E-state index contributed by atoms with van der Waals surface area (Å²) in [7, 11) is -7.43. The Hall–Kier alpha value is -2.56. The number of benzene rings is 2. The van der Waals surface area contributed by atoms with Gasteiger partial charge in [-0.05, 0) is 61.9 Å². The standard InChI is InChI=1S/C19H23N3O5S2/c1-3-22(14-5-15-29(25,26)27)18-10-6-16(7-11-18)20-21-17-8-12-19(13-9-17)28(23,24)4-2/h4,6-13H,2-3,5,14-15H2,1H3,(H,25,26,27). The van der Waals surface area contributed by atoms with E-state index in [-0.39, 0.29) is 10.6 Å². The molecule has 0 aliphatic heterocycles. The van der Waals surface area contributed by atoms with Crippen molar-refractivity contribution in [3.05, 3.63) is 60.5 Å². The van der Waals surface area contributed by atoms with E-state index in [1.54, 1.807) is 24.3 Å². The van der Waals surface area contributed by atoms with E-state index in [1.165, 1.54) is 12.1 Å². The summed E-state index contributed by atoms with van der Waals surface area (Å²) in [6.07, 6.45) is 0.325. The Balaban J connectivity index is 2.03. The van der Waals surface area contributed by atoms with Gasteiger partial charge in [-0.2, -0.15) is 18.6 Å². The maximum absolute atomic E-state index is 11.7. The molecular formula is C19H23N3O5S2. The van der Waals surface area contributed by atoms with Crippen LogP contribution in [-0.4, -0.2) is 40.2 Å². The van der Waals surface area contributed by atoms with Crippen molar-refractivity contribution in [2.75, 3.05) is 23.7 Å². The highest BCUT2D eigenvalue weighted by molar-refractivity contribution is 7.94. The van der Waals surface area contributed by atoms with Gasteiger partial charge in [0.05, 0.1) is 22.0 Å². The van der Waals surface area contributed by atoms with Gasteiger partial charge in [-0.15, -0.1) is 0 Å². The highest BCUT2D eigenvalue weighted by Gasteiger charge is 2.09. The average Bonchev–Trinajstić information content (AvgIpc) is 2.70. The van der Waals surface area contributed by atoms with Gasteiger partial charge in [0.25, 0.3) is 10.1 Å². The summed E-state index contributed by atoms with van der Waals surface area (Å²) in [5.74, 6) is -0.275. The van der Waals surface area contributed by atoms with Crippen molar-refractivity contribution in [3.8, 4) is 0 Å². The molecule has 29 heavy (non-hydrogen) atoms. The molecule has 0 saturated heterocycles. The second-order valence-corrected chi connectivity index (χ2v) is 9.61. The predicted octanol–water partition coefficient (Wildman–Crippen LogP) is 4.12. The maximum Gasteiger partial charge on any atom is 0.264 e. The quantitative estimate of drug-likeness (QED) is 0.441.